The molecule has 0 spiro atoms. The molecule has 0 radical (unpaired) electrons. The zero-order valence-electron chi connectivity index (χ0n) is 9.59. The van der Waals surface area contributed by atoms with E-state index in [-0.39, 0.29) is 13.2 Å². The van der Waals surface area contributed by atoms with Crippen LogP contribution < -0.4 is 0 Å². The van der Waals surface area contributed by atoms with Gasteiger partial charge in [0, 0.05) is 0 Å². The van der Waals surface area contributed by atoms with Crippen molar-refractivity contribution in [3.8, 4) is 0 Å². The number of nitrogens with zero attached hydrogens (tertiary/aromatic N) is 1. The average molecular weight is 244 g/mol. The van der Waals surface area contributed by atoms with Crippen LogP contribution in [0.2, 0.25) is 0 Å². The first-order chi connectivity index (χ1) is 6.87. The largest absolute Gasteiger partial charge is 0.394 e. The minimum Gasteiger partial charge on any atom is -0.394 e. The third-order valence-corrected chi connectivity index (χ3v) is 1.74. The molecule has 0 saturated carbocycles. The molecular formula is C8H23NO5P+. The van der Waals surface area contributed by atoms with Crippen LogP contribution >= 0.6 is 8.69 Å². The maximum atomic E-state index is 9.87. The Morgan fingerprint density at radius 2 is 1.73 bits per heavy atom. The molecule has 3 N–H and O–H groups in total. The lowest BCUT2D eigenvalue weighted by atomic mass is 10.4. The molecule has 0 aliphatic rings. The van der Waals surface area contributed by atoms with Crippen LogP contribution in [0.1, 0.15) is 0 Å². The fourth-order valence-corrected chi connectivity index (χ4v) is 0.634. The smallest absolute Gasteiger partial charge is 0.180 e. The van der Waals surface area contributed by atoms with Gasteiger partial charge in [-0.25, -0.2) is 0 Å². The number of rotatable bonds is 6. The van der Waals surface area contributed by atoms with Crippen molar-refractivity contribution in [1.29, 1.82) is 0 Å². The van der Waals surface area contributed by atoms with E-state index in [4.69, 9.17) is 19.8 Å². The Labute approximate surface area is 92.0 Å². The van der Waals surface area contributed by atoms with Crippen LogP contribution in [0.5, 0.6) is 0 Å². The van der Waals surface area contributed by atoms with Crippen molar-refractivity contribution >= 4 is 8.69 Å². The predicted octanol–water partition coefficient (Wildman–Crippen LogP) is -1.29. The first-order valence-electron chi connectivity index (χ1n) is 4.63. The Bertz CT molecular complexity index is 146. The molecule has 0 aliphatic heterocycles. The third kappa shape index (κ3) is 20.2. The first-order valence-corrected chi connectivity index (χ1v) is 5.57. The van der Waals surface area contributed by atoms with Crippen LogP contribution in [-0.4, -0.2) is 73.4 Å². The summed E-state index contributed by atoms with van der Waals surface area (Å²) >= 11 is 0. The number of hydrogen-bond donors (Lipinski definition) is 3. The van der Waals surface area contributed by atoms with Crippen LogP contribution in [0.25, 0.3) is 0 Å². The second-order valence-electron chi connectivity index (χ2n) is 4.00. The van der Waals surface area contributed by atoms with Gasteiger partial charge < -0.3 is 24.3 Å². The summed E-state index contributed by atoms with van der Waals surface area (Å²) in [6.07, 6.45) is -0.954. The van der Waals surface area contributed by atoms with E-state index in [0.29, 0.717) is 6.61 Å². The summed E-state index contributed by atoms with van der Waals surface area (Å²) in [6, 6.07) is 0. The maximum Gasteiger partial charge on any atom is 0.180 e. The van der Waals surface area contributed by atoms with Gasteiger partial charge in [-0.15, -0.1) is 0 Å². The van der Waals surface area contributed by atoms with Gasteiger partial charge in [-0.05, 0) is 0 Å². The van der Waals surface area contributed by atoms with Gasteiger partial charge in [0.25, 0.3) is 0 Å². The van der Waals surface area contributed by atoms with E-state index < -0.39 is 14.8 Å². The average Bonchev–Trinajstić information content (AvgIpc) is 2.16. The van der Waals surface area contributed by atoms with Gasteiger partial charge in [0.1, 0.15) is 19.3 Å². The van der Waals surface area contributed by atoms with E-state index in [2.05, 4.69) is 21.1 Å². The van der Waals surface area contributed by atoms with Crippen LogP contribution in [0, 0.1) is 0 Å². The Kier molecular flexibility index (Phi) is 12.2. The number of quaternary nitrogens is 1. The highest BCUT2D eigenvalue weighted by atomic mass is 31.1. The van der Waals surface area contributed by atoms with Crippen molar-refractivity contribution < 1.29 is 28.9 Å². The van der Waals surface area contributed by atoms with Crippen molar-refractivity contribution in [1.82, 2.24) is 0 Å². The fourth-order valence-electron chi connectivity index (χ4n) is 0.432. The molecule has 0 rings (SSSR count). The van der Waals surface area contributed by atoms with Crippen LogP contribution in [0.15, 0.2) is 0 Å². The number of likely N-dealkylation sites (N-methyl/N-ethyl adjacent to an activating group) is 1. The second-order valence-corrected chi connectivity index (χ2v) is 4.53. The van der Waals surface area contributed by atoms with Gasteiger partial charge in [-0.2, -0.15) is 0 Å². The zero-order valence-corrected chi connectivity index (χ0v) is 10.7. The number of aliphatic hydroxyl groups is 3. The van der Waals surface area contributed by atoms with Crippen molar-refractivity contribution in [3.63, 3.8) is 0 Å². The fraction of sp³-hybridized carbons (Fsp3) is 1.00. The van der Waals surface area contributed by atoms with E-state index in [1.165, 1.54) is 0 Å². The maximum absolute atomic E-state index is 9.87. The first kappa shape index (κ1) is 17.4. The zero-order chi connectivity index (χ0) is 12.3. The van der Waals surface area contributed by atoms with E-state index in [0.717, 1.165) is 11.0 Å². The van der Waals surface area contributed by atoms with Gasteiger partial charge >= 0.3 is 0 Å². The molecule has 0 amide bonds. The topological polar surface area (TPSA) is 87.0 Å². The molecule has 1 unspecified atom stereocenters. The van der Waals surface area contributed by atoms with Gasteiger partial charge in [-0.3, -0.25) is 4.57 Å². The molecule has 0 saturated heterocycles. The predicted molar refractivity (Wildman–Crippen MR) is 59.4 cm³/mol. The van der Waals surface area contributed by atoms with E-state index >= 15 is 0 Å². The minimum absolute atomic E-state index is 0.365. The lowest BCUT2D eigenvalue weighted by Crippen LogP contribution is -2.37. The van der Waals surface area contributed by atoms with Gasteiger partial charge in [0.2, 0.25) is 0 Å². The Hall–Kier alpha value is 0.0300. The van der Waals surface area contributed by atoms with E-state index in [1.807, 2.05) is 0 Å². The summed E-state index contributed by atoms with van der Waals surface area (Å²) in [6.45, 7) is 0.782. The van der Waals surface area contributed by atoms with E-state index in [1.54, 1.807) is 0 Å². The molecule has 0 bridgehead atoms. The summed E-state index contributed by atoms with van der Waals surface area (Å²) in [7, 11) is 5.20. The van der Waals surface area contributed by atoms with Gasteiger partial charge in [0.15, 0.2) is 8.69 Å². The summed E-state index contributed by atoms with van der Waals surface area (Å²) in [5.74, 6) is 0. The van der Waals surface area contributed by atoms with Crippen LogP contribution in [0.4, 0.5) is 0 Å². The molecular weight excluding hydrogens is 221 g/mol. The number of aliphatic hydroxyl groups excluding tert-OH is 3. The Morgan fingerprint density at radius 1 is 1.27 bits per heavy atom. The highest BCUT2D eigenvalue weighted by Crippen LogP contribution is 1.96. The molecule has 7 heteroatoms. The Morgan fingerprint density at radius 3 is 1.93 bits per heavy atom. The normalized spacial score (nSPS) is 11.9. The standard InChI is InChI=1S/C5H15NO2P.C3H8O3/c1-6(2,3)4-5-8-9-7;4-1-3(6)2-5/h4-5,9H2,1-3H3;3-6H,1-2H2/q+1;. The number of hydrogen-bond acceptors (Lipinski definition) is 5. The van der Waals surface area contributed by atoms with Crippen molar-refractivity contribution in [3.05, 3.63) is 0 Å². The molecule has 0 fully saturated rings. The lowest BCUT2D eigenvalue weighted by Gasteiger charge is -2.22. The van der Waals surface area contributed by atoms with Crippen molar-refractivity contribution in [2.75, 3.05) is 47.5 Å². The van der Waals surface area contributed by atoms with Gasteiger partial charge in [0.05, 0.1) is 34.4 Å². The monoisotopic (exact) mass is 244 g/mol. The molecule has 0 aliphatic carbocycles. The summed E-state index contributed by atoms with van der Waals surface area (Å²) in [5, 5.41) is 24.0. The second kappa shape index (κ2) is 10.5. The lowest BCUT2D eigenvalue weighted by molar-refractivity contribution is -0.870. The summed E-state index contributed by atoms with van der Waals surface area (Å²) in [5.41, 5.74) is 0. The van der Waals surface area contributed by atoms with Crippen molar-refractivity contribution in [2.24, 2.45) is 0 Å². The van der Waals surface area contributed by atoms with Crippen LogP contribution in [0.3, 0.4) is 0 Å². The molecule has 6 nitrogen and oxygen atoms in total. The van der Waals surface area contributed by atoms with Crippen molar-refractivity contribution in [2.45, 2.75) is 6.10 Å². The van der Waals surface area contributed by atoms with Gasteiger partial charge in [-0.1, -0.05) is 0 Å². The quantitative estimate of drug-likeness (QED) is 0.307. The molecule has 1 atom stereocenters. The SMILES string of the molecule is C[N+](C)(C)CCO[PH2]=O.OCC(O)CO. The minimum atomic E-state index is -1.02. The summed E-state index contributed by atoms with van der Waals surface area (Å²) in [4.78, 5) is 0. The highest BCUT2D eigenvalue weighted by Gasteiger charge is 2.04. The molecule has 15 heavy (non-hydrogen) atoms. The molecule has 0 aromatic rings. The molecule has 94 valence electrons. The molecule has 0 aromatic heterocycles. The molecule has 0 heterocycles. The summed E-state index contributed by atoms with van der Waals surface area (Å²) < 4.78 is 15.5. The Balaban J connectivity index is 0. The third-order valence-electron chi connectivity index (χ3n) is 1.37. The van der Waals surface area contributed by atoms with Crippen LogP contribution in [-0.2, 0) is 9.09 Å². The molecule has 0 aromatic carbocycles. The van der Waals surface area contributed by atoms with E-state index in [9.17, 15) is 4.57 Å². The highest BCUT2D eigenvalue weighted by molar-refractivity contribution is 7.17.